The molecule has 0 amide bonds. The predicted octanol–water partition coefficient (Wildman–Crippen LogP) is 1.42. The number of aliphatic hydroxyl groups is 1. The van der Waals surface area contributed by atoms with Crippen LogP contribution in [0.5, 0.6) is 0 Å². The Bertz CT molecular complexity index is 569. The number of nitrogens with zero attached hydrogens (tertiary/aromatic N) is 2. The molecule has 1 aliphatic heterocycles. The fraction of sp³-hybridized carbons (Fsp3) is 0.462. The van der Waals surface area contributed by atoms with E-state index in [0.29, 0.717) is 18.7 Å². The summed E-state index contributed by atoms with van der Waals surface area (Å²) in [6.45, 7) is 2.50. The normalized spacial score (nSPS) is 25.1. The monoisotopic (exact) mass is 277 g/mol. The van der Waals surface area contributed by atoms with Crippen LogP contribution in [0.25, 0.3) is 0 Å². The molecular formula is C13H15N3O4. The Balaban J connectivity index is 2.14. The van der Waals surface area contributed by atoms with Crippen LogP contribution in [0.15, 0.2) is 18.2 Å². The van der Waals surface area contributed by atoms with E-state index in [2.05, 4.69) is 5.32 Å². The summed E-state index contributed by atoms with van der Waals surface area (Å²) < 4.78 is 5.32. The highest BCUT2D eigenvalue weighted by atomic mass is 16.6. The highest BCUT2D eigenvalue weighted by Gasteiger charge is 2.39. The second kappa shape index (κ2) is 5.45. The SMILES string of the molecule is CC1OCCC1(O)CNc1ccc([N+](=O)[O-])cc1C#N. The van der Waals surface area contributed by atoms with Gasteiger partial charge in [0.2, 0.25) is 0 Å². The zero-order valence-corrected chi connectivity index (χ0v) is 11.0. The Labute approximate surface area is 115 Å². The molecule has 0 radical (unpaired) electrons. The van der Waals surface area contributed by atoms with Crippen LogP contribution in [0, 0.1) is 21.4 Å². The van der Waals surface area contributed by atoms with Gasteiger partial charge in [-0.15, -0.1) is 0 Å². The third kappa shape index (κ3) is 2.71. The minimum Gasteiger partial charge on any atom is -0.385 e. The van der Waals surface area contributed by atoms with E-state index in [1.54, 1.807) is 6.92 Å². The van der Waals surface area contributed by atoms with E-state index in [1.165, 1.54) is 18.2 Å². The smallest absolute Gasteiger partial charge is 0.270 e. The minimum atomic E-state index is -0.992. The van der Waals surface area contributed by atoms with Crippen LogP contribution < -0.4 is 5.32 Å². The third-order valence-corrected chi connectivity index (χ3v) is 3.58. The zero-order valence-electron chi connectivity index (χ0n) is 11.0. The zero-order chi connectivity index (χ0) is 14.8. The molecule has 20 heavy (non-hydrogen) atoms. The summed E-state index contributed by atoms with van der Waals surface area (Å²) in [5.74, 6) is 0. The summed E-state index contributed by atoms with van der Waals surface area (Å²) in [4.78, 5) is 10.1. The van der Waals surface area contributed by atoms with E-state index >= 15 is 0 Å². The number of non-ortho nitro benzene ring substituents is 1. The highest BCUT2D eigenvalue weighted by Crippen LogP contribution is 2.27. The number of benzene rings is 1. The molecule has 106 valence electrons. The van der Waals surface area contributed by atoms with Crippen LogP contribution in [0.2, 0.25) is 0 Å². The summed E-state index contributed by atoms with van der Waals surface area (Å²) in [5.41, 5.74) is -0.488. The summed E-state index contributed by atoms with van der Waals surface area (Å²) in [6.07, 6.45) is 0.217. The number of hydrogen-bond donors (Lipinski definition) is 2. The van der Waals surface area contributed by atoms with Gasteiger partial charge < -0.3 is 15.2 Å². The van der Waals surface area contributed by atoms with Gasteiger partial charge in [-0.2, -0.15) is 5.26 Å². The second-order valence-electron chi connectivity index (χ2n) is 4.82. The molecule has 7 heteroatoms. The molecule has 0 aliphatic carbocycles. The van der Waals surface area contributed by atoms with Crippen LogP contribution in [0.4, 0.5) is 11.4 Å². The average molecular weight is 277 g/mol. The van der Waals surface area contributed by atoms with Crippen LogP contribution in [0.1, 0.15) is 18.9 Å². The molecule has 1 aromatic carbocycles. The van der Waals surface area contributed by atoms with Gasteiger partial charge >= 0.3 is 0 Å². The minimum absolute atomic E-state index is 0.136. The summed E-state index contributed by atoms with van der Waals surface area (Å²) in [7, 11) is 0. The number of nitrogens with one attached hydrogen (secondary N) is 1. The van der Waals surface area contributed by atoms with Crippen molar-refractivity contribution in [3.8, 4) is 6.07 Å². The molecule has 2 unspecified atom stereocenters. The number of rotatable bonds is 4. The summed E-state index contributed by atoms with van der Waals surface area (Å²) >= 11 is 0. The second-order valence-corrected chi connectivity index (χ2v) is 4.82. The molecule has 2 rings (SSSR count). The van der Waals surface area contributed by atoms with E-state index in [9.17, 15) is 15.2 Å². The van der Waals surface area contributed by atoms with Crippen LogP contribution in [0.3, 0.4) is 0 Å². The number of nitro groups is 1. The lowest BCUT2D eigenvalue weighted by molar-refractivity contribution is -0.384. The van der Waals surface area contributed by atoms with Crippen molar-refractivity contribution in [1.82, 2.24) is 0 Å². The molecule has 1 fully saturated rings. The Morgan fingerprint density at radius 3 is 3.00 bits per heavy atom. The Morgan fingerprint density at radius 1 is 1.70 bits per heavy atom. The number of ether oxygens (including phenoxy) is 1. The molecule has 2 N–H and O–H groups in total. The summed E-state index contributed by atoms with van der Waals surface area (Å²) in [5, 5.41) is 33.0. The van der Waals surface area contributed by atoms with Crippen molar-refractivity contribution in [1.29, 1.82) is 5.26 Å². The van der Waals surface area contributed by atoms with Crippen molar-refractivity contribution in [2.75, 3.05) is 18.5 Å². The maximum absolute atomic E-state index is 10.7. The van der Waals surface area contributed by atoms with Crippen LogP contribution in [-0.4, -0.2) is 34.9 Å². The molecule has 0 saturated carbocycles. The van der Waals surface area contributed by atoms with E-state index in [-0.39, 0.29) is 23.9 Å². The largest absolute Gasteiger partial charge is 0.385 e. The average Bonchev–Trinajstić information content (AvgIpc) is 2.76. The fourth-order valence-corrected chi connectivity index (χ4v) is 2.14. The molecule has 7 nitrogen and oxygen atoms in total. The van der Waals surface area contributed by atoms with Gasteiger partial charge in [-0.05, 0) is 13.0 Å². The third-order valence-electron chi connectivity index (χ3n) is 3.58. The number of anilines is 1. The molecule has 1 aliphatic rings. The van der Waals surface area contributed by atoms with Crippen molar-refractivity contribution in [2.24, 2.45) is 0 Å². The van der Waals surface area contributed by atoms with Gasteiger partial charge in [0.25, 0.3) is 5.69 Å². The highest BCUT2D eigenvalue weighted by molar-refractivity contribution is 5.61. The fourth-order valence-electron chi connectivity index (χ4n) is 2.14. The van der Waals surface area contributed by atoms with Gasteiger partial charge in [0, 0.05) is 31.7 Å². The van der Waals surface area contributed by atoms with Gasteiger partial charge in [-0.25, -0.2) is 0 Å². The predicted molar refractivity (Wildman–Crippen MR) is 71.3 cm³/mol. The van der Waals surface area contributed by atoms with Crippen LogP contribution >= 0.6 is 0 Å². The molecular weight excluding hydrogens is 262 g/mol. The quantitative estimate of drug-likeness (QED) is 0.636. The van der Waals surface area contributed by atoms with E-state index in [4.69, 9.17) is 10.00 Å². The molecule has 0 aromatic heterocycles. The van der Waals surface area contributed by atoms with E-state index < -0.39 is 10.5 Å². The molecule has 1 aromatic rings. The van der Waals surface area contributed by atoms with E-state index in [1.807, 2.05) is 6.07 Å². The molecule has 0 bridgehead atoms. The van der Waals surface area contributed by atoms with Gasteiger partial charge in [-0.3, -0.25) is 10.1 Å². The molecule has 1 heterocycles. The summed E-state index contributed by atoms with van der Waals surface area (Å²) in [6, 6.07) is 5.91. The van der Waals surface area contributed by atoms with Crippen molar-refractivity contribution in [2.45, 2.75) is 25.0 Å². The Kier molecular flexibility index (Phi) is 3.88. The first-order valence-corrected chi connectivity index (χ1v) is 6.23. The van der Waals surface area contributed by atoms with Crippen molar-refractivity contribution >= 4 is 11.4 Å². The molecule has 1 saturated heterocycles. The number of nitro benzene ring substituents is 1. The van der Waals surface area contributed by atoms with Crippen molar-refractivity contribution < 1.29 is 14.8 Å². The lowest BCUT2D eigenvalue weighted by atomic mass is 9.96. The maximum atomic E-state index is 10.7. The maximum Gasteiger partial charge on any atom is 0.270 e. The standard InChI is InChI=1S/C13H15N3O4/c1-9-13(17,4-5-20-9)8-15-12-3-2-11(16(18)19)6-10(12)7-14/h2-3,6,9,15,17H,4-5,8H2,1H3. The van der Waals surface area contributed by atoms with Crippen molar-refractivity contribution in [3.63, 3.8) is 0 Å². The Morgan fingerprint density at radius 2 is 2.45 bits per heavy atom. The molecule has 0 spiro atoms. The number of nitriles is 1. The van der Waals surface area contributed by atoms with Gasteiger partial charge in [-0.1, -0.05) is 0 Å². The van der Waals surface area contributed by atoms with Crippen molar-refractivity contribution in [3.05, 3.63) is 33.9 Å². The topological polar surface area (TPSA) is 108 Å². The first-order chi connectivity index (χ1) is 9.46. The first kappa shape index (κ1) is 14.2. The molecule has 2 atom stereocenters. The van der Waals surface area contributed by atoms with Gasteiger partial charge in [0.1, 0.15) is 11.7 Å². The number of hydrogen-bond acceptors (Lipinski definition) is 6. The first-order valence-electron chi connectivity index (χ1n) is 6.23. The lowest BCUT2D eigenvalue weighted by Gasteiger charge is -2.26. The van der Waals surface area contributed by atoms with Crippen LogP contribution in [-0.2, 0) is 4.74 Å². The Hall–Kier alpha value is -2.17. The lowest BCUT2D eigenvalue weighted by Crippen LogP contribution is -2.43. The van der Waals surface area contributed by atoms with Gasteiger partial charge in [0.05, 0.1) is 22.3 Å². The van der Waals surface area contributed by atoms with E-state index in [0.717, 1.165) is 0 Å². The van der Waals surface area contributed by atoms with Gasteiger partial charge in [0.15, 0.2) is 0 Å².